The number of pyridine rings is 1. The Labute approximate surface area is 102 Å². The van der Waals surface area contributed by atoms with Crippen LogP contribution in [0, 0.1) is 17.1 Å². The SMILES string of the molecule is N#CC1CN(c2ncc(F)cc2C(=O)O)CCO1. The van der Waals surface area contributed by atoms with Crippen molar-refractivity contribution in [1.82, 2.24) is 4.98 Å². The number of aromatic carboxylic acids is 1. The monoisotopic (exact) mass is 251 g/mol. The van der Waals surface area contributed by atoms with E-state index < -0.39 is 17.9 Å². The van der Waals surface area contributed by atoms with Gasteiger partial charge in [0.15, 0.2) is 6.10 Å². The summed E-state index contributed by atoms with van der Waals surface area (Å²) < 4.78 is 18.1. The smallest absolute Gasteiger partial charge is 0.339 e. The highest BCUT2D eigenvalue weighted by atomic mass is 19.1. The Bertz CT molecular complexity index is 515. The van der Waals surface area contributed by atoms with Crippen LogP contribution in [0.2, 0.25) is 0 Å². The summed E-state index contributed by atoms with van der Waals surface area (Å²) in [6.45, 7) is 0.933. The molecule has 2 rings (SSSR count). The Morgan fingerprint density at radius 1 is 1.72 bits per heavy atom. The van der Waals surface area contributed by atoms with E-state index in [1.165, 1.54) is 0 Å². The van der Waals surface area contributed by atoms with E-state index in [9.17, 15) is 9.18 Å². The van der Waals surface area contributed by atoms with Gasteiger partial charge in [0.05, 0.1) is 25.4 Å². The Kier molecular flexibility index (Phi) is 3.39. The Morgan fingerprint density at radius 3 is 3.17 bits per heavy atom. The number of nitrogens with zero attached hydrogens (tertiary/aromatic N) is 3. The van der Waals surface area contributed by atoms with Gasteiger partial charge in [-0.05, 0) is 6.07 Å². The lowest BCUT2D eigenvalue weighted by molar-refractivity contribution is 0.0686. The fourth-order valence-corrected chi connectivity index (χ4v) is 1.76. The molecule has 1 aliphatic rings. The molecule has 1 N–H and O–H groups in total. The number of aromatic nitrogens is 1. The Balaban J connectivity index is 2.33. The lowest BCUT2D eigenvalue weighted by Gasteiger charge is -2.31. The molecule has 1 aromatic rings. The second-order valence-electron chi connectivity index (χ2n) is 3.76. The van der Waals surface area contributed by atoms with Crippen molar-refractivity contribution in [2.24, 2.45) is 0 Å². The van der Waals surface area contributed by atoms with Gasteiger partial charge in [0.25, 0.3) is 0 Å². The van der Waals surface area contributed by atoms with Gasteiger partial charge in [0.2, 0.25) is 0 Å². The fraction of sp³-hybridized carbons (Fsp3) is 0.364. The van der Waals surface area contributed by atoms with E-state index in [1.54, 1.807) is 4.90 Å². The molecule has 1 fully saturated rings. The third kappa shape index (κ3) is 2.38. The summed E-state index contributed by atoms with van der Waals surface area (Å²) in [5, 5.41) is 17.8. The predicted octanol–water partition coefficient (Wildman–Crippen LogP) is 0.648. The van der Waals surface area contributed by atoms with Gasteiger partial charge in [-0.1, -0.05) is 0 Å². The summed E-state index contributed by atoms with van der Waals surface area (Å²) >= 11 is 0. The molecule has 0 aliphatic carbocycles. The topological polar surface area (TPSA) is 86.5 Å². The van der Waals surface area contributed by atoms with Crippen LogP contribution >= 0.6 is 0 Å². The van der Waals surface area contributed by atoms with E-state index in [1.807, 2.05) is 6.07 Å². The van der Waals surface area contributed by atoms with Crippen LogP contribution in [-0.4, -0.2) is 41.9 Å². The quantitative estimate of drug-likeness (QED) is 0.830. The highest BCUT2D eigenvalue weighted by molar-refractivity contribution is 5.93. The first-order valence-corrected chi connectivity index (χ1v) is 5.27. The molecule has 0 amide bonds. The number of nitriles is 1. The summed E-state index contributed by atoms with van der Waals surface area (Å²) in [4.78, 5) is 16.4. The van der Waals surface area contributed by atoms with Crippen molar-refractivity contribution in [2.75, 3.05) is 24.6 Å². The fourth-order valence-electron chi connectivity index (χ4n) is 1.76. The van der Waals surface area contributed by atoms with Crippen molar-refractivity contribution in [3.05, 3.63) is 23.6 Å². The molecule has 0 radical (unpaired) electrons. The van der Waals surface area contributed by atoms with E-state index >= 15 is 0 Å². The first-order valence-electron chi connectivity index (χ1n) is 5.27. The number of halogens is 1. The normalized spacial score (nSPS) is 19.3. The van der Waals surface area contributed by atoms with Crippen LogP contribution in [0.25, 0.3) is 0 Å². The van der Waals surface area contributed by atoms with Gasteiger partial charge >= 0.3 is 5.97 Å². The Morgan fingerprint density at radius 2 is 2.50 bits per heavy atom. The van der Waals surface area contributed by atoms with Gasteiger partial charge < -0.3 is 14.7 Å². The first kappa shape index (κ1) is 12.3. The van der Waals surface area contributed by atoms with Gasteiger partial charge in [0, 0.05) is 6.54 Å². The highest BCUT2D eigenvalue weighted by Gasteiger charge is 2.25. The molecule has 1 unspecified atom stereocenters. The summed E-state index contributed by atoms with van der Waals surface area (Å²) in [6, 6.07) is 2.87. The van der Waals surface area contributed by atoms with E-state index in [-0.39, 0.29) is 17.9 Å². The van der Waals surface area contributed by atoms with Crippen molar-refractivity contribution in [2.45, 2.75) is 6.10 Å². The minimum atomic E-state index is -1.25. The zero-order chi connectivity index (χ0) is 13.1. The van der Waals surface area contributed by atoms with Crippen molar-refractivity contribution in [1.29, 1.82) is 5.26 Å². The largest absolute Gasteiger partial charge is 0.478 e. The maximum Gasteiger partial charge on any atom is 0.339 e. The molecule has 0 spiro atoms. The van der Waals surface area contributed by atoms with Crippen LogP contribution in [0.15, 0.2) is 12.3 Å². The van der Waals surface area contributed by atoms with Crippen molar-refractivity contribution in [3.63, 3.8) is 0 Å². The number of ether oxygens (including phenoxy) is 1. The van der Waals surface area contributed by atoms with Crippen LogP contribution in [0.5, 0.6) is 0 Å². The second-order valence-corrected chi connectivity index (χ2v) is 3.76. The molecule has 0 saturated carbocycles. The maximum absolute atomic E-state index is 13.0. The van der Waals surface area contributed by atoms with Crippen LogP contribution in [-0.2, 0) is 4.74 Å². The summed E-state index contributed by atoms with van der Waals surface area (Å²) in [6.07, 6.45) is 0.325. The number of hydrogen-bond donors (Lipinski definition) is 1. The molecule has 1 saturated heterocycles. The molecule has 1 aliphatic heterocycles. The van der Waals surface area contributed by atoms with Gasteiger partial charge in [0.1, 0.15) is 17.2 Å². The van der Waals surface area contributed by atoms with Crippen LogP contribution in [0.4, 0.5) is 10.2 Å². The standard InChI is InChI=1S/C11H10FN3O3/c12-7-3-9(11(16)17)10(14-5-7)15-1-2-18-8(4-13)6-15/h3,5,8H,1-2,6H2,(H,16,17). The molecule has 6 nitrogen and oxygen atoms in total. The molecule has 1 atom stereocenters. The van der Waals surface area contributed by atoms with E-state index in [0.29, 0.717) is 13.2 Å². The first-order chi connectivity index (χ1) is 8.61. The lowest BCUT2D eigenvalue weighted by Crippen LogP contribution is -2.43. The van der Waals surface area contributed by atoms with E-state index in [4.69, 9.17) is 15.1 Å². The second kappa shape index (κ2) is 4.98. The van der Waals surface area contributed by atoms with Gasteiger partial charge in [-0.25, -0.2) is 14.2 Å². The van der Waals surface area contributed by atoms with Crippen LogP contribution in [0.3, 0.4) is 0 Å². The molecule has 1 aromatic heterocycles. The van der Waals surface area contributed by atoms with Crippen molar-refractivity contribution in [3.8, 4) is 6.07 Å². The molecular formula is C11H10FN3O3. The Hall–Kier alpha value is -2.20. The number of hydrogen-bond acceptors (Lipinski definition) is 5. The third-order valence-electron chi connectivity index (χ3n) is 2.57. The van der Waals surface area contributed by atoms with Crippen molar-refractivity contribution < 1.29 is 19.0 Å². The average molecular weight is 251 g/mol. The molecule has 7 heteroatoms. The number of carbonyl (C=O) groups is 1. The molecule has 0 aromatic carbocycles. The van der Waals surface area contributed by atoms with Crippen LogP contribution < -0.4 is 4.90 Å². The average Bonchev–Trinajstić information content (AvgIpc) is 2.38. The van der Waals surface area contributed by atoms with Crippen molar-refractivity contribution >= 4 is 11.8 Å². The minimum Gasteiger partial charge on any atom is -0.478 e. The molecule has 0 bridgehead atoms. The highest BCUT2D eigenvalue weighted by Crippen LogP contribution is 2.21. The van der Waals surface area contributed by atoms with Gasteiger partial charge in [-0.3, -0.25) is 0 Å². The summed E-state index contributed by atoms with van der Waals surface area (Å²) in [5.74, 6) is -1.80. The maximum atomic E-state index is 13.0. The zero-order valence-electron chi connectivity index (χ0n) is 9.34. The number of carboxylic acids is 1. The predicted molar refractivity (Wildman–Crippen MR) is 58.7 cm³/mol. The van der Waals surface area contributed by atoms with E-state index in [2.05, 4.69) is 4.98 Å². The van der Waals surface area contributed by atoms with Crippen LogP contribution in [0.1, 0.15) is 10.4 Å². The third-order valence-corrected chi connectivity index (χ3v) is 2.57. The number of morpholine rings is 1. The van der Waals surface area contributed by atoms with Gasteiger partial charge in [-0.15, -0.1) is 0 Å². The molecule has 94 valence electrons. The molecular weight excluding hydrogens is 241 g/mol. The molecule has 2 heterocycles. The van der Waals surface area contributed by atoms with E-state index in [0.717, 1.165) is 12.3 Å². The summed E-state index contributed by atoms with van der Waals surface area (Å²) in [7, 11) is 0. The lowest BCUT2D eigenvalue weighted by atomic mass is 10.2. The summed E-state index contributed by atoms with van der Waals surface area (Å²) in [5.41, 5.74) is -0.214. The number of rotatable bonds is 2. The number of carboxylic acid groups (broad SMARTS) is 1. The minimum absolute atomic E-state index is 0.160. The zero-order valence-corrected chi connectivity index (χ0v) is 9.34. The molecule has 18 heavy (non-hydrogen) atoms. The van der Waals surface area contributed by atoms with Gasteiger partial charge in [-0.2, -0.15) is 5.26 Å². The number of anilines is 1.